The zero-order chi connectivity index (χ0) is 12.5. The maximum atomic E-state index is 8.87. The zero-order valence-electron chi connectivity index (χ0n) is 9.96. The van der Waals surface area contributed by atoms with Gasteiger partial charge in [-0.1, -0.05) is 6.07 Å². The minimum Gasteiger partial charge on any atom is -0.307 e. The van der Waals surface area contributed by atoms with Gasteiger partial charge in [0.05, 0.1) is 6.04 Å². The Morgan fingerprint density at radius 2 is 2.33 bits per heavy atom. The van der Waals surface area contributed by atoms with E-state index in [0.29, 0.717) is 11.4 Å². The number of hydrogen-bond donors (Lipinski definition) is 1. The second-order valence-electron chi connectivity index (χ2n) is 4.23. The molecule has 0 bridgehead atoms. The van der Waals surface area contributed by atoms with E-state index >= 15 is 0 Å². The number of fused-ring (bicyclic) bond motifs is 1. The Morgan fingerprint density at radius 3 is 3.17 bits per heavy atom. The lowest BCUT2D eigenvalue weighted by Gasteiger charge is -2.21. The monoisotopic (exact) mass is 240 g/mol. The van der Waals surface area contributed by atoms with E-state index in [1.54, 1.807) is 6.07 Å². The average molecular weight is 240 g/mol. The van der Waals surface area contributed by atoms with Gasteiger partial charge in [-0.05, 0) is 19.1 Å². The van der Waals surface area contributed by atoms with Crippen molar-refractivity contribution in [2.24, 2.45) is 0 Å². The second kappa shape index (κ2) is 4.20. The SMILES string of the molecule is C[C@@H]1NCCn2c(-c3cccc(C#N)n3)nnc21. The summed E-state index contributed by atoms with van der Waals surface area (Å²) in [5, 5.41) is 20.6. The highest BCUT2D eigenvalue weighted by atomic mass is 15.3. The molecule has 0 fully saturated rings. The Kier molecular flexibility index (Phi) is 2.54. The lowest BCUT2D eigenvalue weighted by atomic mass is 10.2. The molecule has 0 saturated heterocycles. The number of rotatable bonds is 1. The third kappa shape index (κ3) is 1.65. The van der Waals surface area contributed by atoms with Gasteiger partial charge in [-0.3, -0.25) is 0 Å². The van der Waals surface area contributed by atoms with Gasteiger partial charge in [-0.25, -0.2) is 4.98 Å². The Hall–Kier alpha value is -2.26. The number of hydrogen-bond acceptors (Lipinski definition) is 5. The van der Waals surface area contributed by atoms with Crippen LogP contribution >= 0.6 is 0 Å². The molecule has 2 aromatic heterocycles. The number of nitrogens with zero attached hydrogens (tertiary/aromatic N) is 5. The molecule has 90 valence electrons. The van der Waals surface area contributed by atoms with Crippen molar-refractivity contribution in [3.8, 4) is 17.6 Å². The molecule has 1 aliphatic rings. The van der Waals surface area contributed by atoms with Crippen LogP contribution in [0.25, 0.3) is 11.5 Å². The minimum absolute atomic E-state index is 0.194. The number of aromatic nitrogens is 4. The van der Waals surface area contributed by atoms with Gasteiger partial charge in [0.25, 0.3) is 0 Å². The van der Waals surface area contributed by atoms with Crippen LogP contribution in [0.2, 0.25) is 0 Å². The molecule has 0 radical (unpaired) electrons. The van der Waals surface area contributed by atoms with Gasteiger partial charge in [-0.2, -0.15) is 5.26 Å². The van der Waals surface area contributed by atoms with Crippen LogP contribution in [-0.4, -0.2) is 26.3 Å². The molecule has 0 saturated carbocycles. The van der Waals surface area contributed by atoms with Gasteiger partial charge in [0, 0.05) is 13.1 Å². The molecule has 18 heavy (non-hydrogen) atoms. The van der Waals surface area contributed by atoms with E-state index in [4.69, 9.17) is 5.26 Å². The van der Waals surface area contributed by atoms with Crippen LogP contribution < -0.4 is 5.32 Å². The summed E-state index contributed by atoms with van der Waals surface area (Å²) in [5.74, 6) is 1.65. The maximum Gasteiger partial charge on any atom is 0.182 e. The molecular weight excluding hydrogens is 228 g/mol. The first-order valence-electron chi connectivity index (χ1n) is 5.83. The van der Waals surface area contributed by atoms with Crippen molar-refractivity contribution in [3.63, 3.8) is 0 Å². The summed E-state index contributed by atoms with van der Waals surface area (Å²) in [6, 6.07) is 7.58. The van der Waals surface area contributed by atoms with E-state index in [1.165, 1.54) is 0 Å². The zero-order valence-corrected chi connectivity index (χ0v) is 9.96. The standard InChI is InChI=1S/C12H12N6/c1-8-11-16-17-12(18(11)6-5-14-8)10-4-2-3-9(7-13)15-10/h2-4,8,14H,5-6H2,1H3/t8-/m0/s1. The van der Waals surface area contributed by atoms with E-state index in [1.807, 2.05) is 18.2 Å². The number of nitrogens with one attached hydrogen (secondary N) is 1. The van der Waals surface area contributed by atoms with Crippen molar-refractivity contribution >= 4 is 0 Å². The van der Waals surface area contributed by atoms with Crippen molar-refractivity contribution in [2.75, 3.05) is 6.54 Å². The predicted molar refractivity (Wildman–Crippen MR) is 64.4 cm³/mol. The Bertz CT molecular complexity index is 624. The fourth-order valence-electron chi connectivity index (χ4n) is 2.15. The van der Waals surface area contributed by atoms with Crippen molar-refractivity contribution in [3.05, 3.63) is 29.7 Å². The molecule has 3 heterocycles. The summed E-state index contributed by atoms with van der Waals surface area (Å²) >= 11 is 0. The number of pyridine rings is 1. The Labute approximate surface area is 104 Å². The van der Waals surface area contributed by atoms with Gasteiger partial charge < -0.3 is 9.88 Å². The smallest absolute Gasteiger partial charge is 0.182 e. The van der Waals surface area contributed by atoms with Crippen molar-refractivity contribution in [1.29, 1.82) is 5.26 Å². The topological polar surface area (TPSA) is 79.4 Å². The van der Waals surface area contributed by atoms with Gasteiger partial charge in [0.2, 0.25) is 0 Å². The first-order valence-corrected chi connectivity index (χ1v) is 5.83. The quantitative estimate of drug-likeness (QED) is 0.800. The van der Waals surface area contributed by atoms with Crippen molar-refractivity contribution in [2.45, 2.75) is 19.5 Å². The minimum atomic E-state index is 0.194. The molecule has 6 nitrogen and oxygen atoms in total. The average Bonchev–Trinajstić information content (AvgIpc) is 2.84. The van der Waals surface area contributed by atoms with Crippen LogP contribution in [0.4, 0.5) is 0 Å². The lowest BCUT2D eigenvalue weighted by Crippen LogP contribution is -2.32. The molecule has 0 spiro atoms. The molecule has 1 aliphatic heterocycles. The Morgan fingerprint density at radius 1 is 1.44 bits per heavy atom. The van der Waals surface area contributed by atoms with Crippen molar-refractivity contribution in [1.82, 2.24) is 25.1 Å². The van der Waals surface area contributed by atoms with Crippen LogP contribution in [-0.2, 0) is 6.54 Å². The third-order valence-corrected chi connectivity index (χ3v) is 3.05. The first-order chi connectivity index (χ1) is 8.79. The van der Waals surface area contributed by atoms with E-state index in [-0.39, 0.29) is 6.04 Å². The van der Waals surface area contributed by atoms with Crippen molar-refractivity contribution < 1.29 is 0 Å². The van der Waals surface area contributed by atoms with Crippen LogP contribution in [0.15, 0.2) is 18.2 Å². The largest absolute Gasteiger partial charge is 0.307 e. The second-order valence-corrected chi connectivity index (χ2v) is 4.23. The maximum absolute atomic E-state index is 8.87. The van der Waals surface area contributed by atoms with Gasteiger partial charge >= 0.3 is 0 Å². The van der Waals surface area contributed by atoms with E-state index in [2.05, 4.69) is 32.0 Å². The molecule has 2 aromatic rings. The van der Waals surface area contributed by atoms with Crippen LogP contribution in [0, 0.1) is 11.3 Å². The summed E-state index contributed by atoms with van der Waals surface area (Å²) < 4.78 is 2.06. The summed E-state index contributed by atoms with van der Waals surface area (Å²) in [7, 11) is 0. The lowest BCUT2D eigenvalue weighted by molar-refractivity contribution is 0.438. The third-order valence-electron chi connectivity index (χ3n) is 3.05. The Balaban J connectivity index is 2.10. The highest BCUT2D eigenvalue weighted by Crippen LogP contribution is 2.22. The highest BCUT2D eigenvalue weighted by Gasteiger charge is 2.22. The number of nitriles is 1. The van der Waals surface area contributed by atoms with Crippen LogP contribution in [0.5, 0.6) is 0 Å². The van der Waals surface area contributed by atoms with Gasteiger partial charge in [0.15, 0.2) is 5.82 Å². The molecule has 0 aromatic carbocycles. The molecular formula is C12H12N6. The molecule has 6 heteroatoms. The van der Waals surface area contributed by atoms with Crippen LogP contribution in [0.3, 0.4) is 0 Å². The summed E-state index contributed by atoms with van der Waals surface area (Å²) in [5.41, 5.74) is 1.09. The van der Waals surface area contributed by atoms with E-state index in [9.17, 15) is 0 Å². The normalized spacial score (nSPS) is 18.1. The van der Waals surface area contributed by atoms with Gasteiger partial charge in [-0.15, -0.1) is 10.2 Å². The fourth-order valence-corrected chi connectivity index (χ4v) is 2.15. The molecule has 3 rings (SSSR count). The summed E-state index contributed by atoms with van der Waals surface area (Å²) in [4.78, 5) is 4.26. The van der Waals surface area contributed by atoms with Crippen LogP contribution in [0.1, 0.15) is 24.5 Å². The van der Waals surface area contributed by atoms with E-state index < -0.39 is 0 Å². The fraction of sp³-hybridized carbons (Fsp3) is 0.333. The summed E-state index contributed by atoms with van der Waals surface area (Å²) in [6.07, 6.45) is 0. The molecule has 0 amide bonds. The predicted octanol–water partition coefficient (Wildman–Crippen LogP) is 0.876. The van der Waals surface area contributed by atoms with E-state index in [0.717, 1.165) is 24.7 Å². The van der Waals surface area contributed by atoms with Gasteiger partial charge in [0.1, 0.15) is 23.3 Å². The molecule has 0 aliphatic carbocycles. The molecule has 1 N–H and O–H groups in total. The first kappa shape index (κ1) is 10.9. The highest BCUT2D eigenvalue weighted by molar-refractivity contribution is 5.51. The molecule has 1 atom stereocenters. The summed E-state index contributed by atoms with van der Waals surface area (Å²) in [6.45, 7) is 3.76. The molecule has 0 unspecified atom stereocenters.